The summed E-state index contributed by atoms with van der Waals surface area (Å²) in [5, 5.41) is 2.87. The molecule has 0 saturated carbocycles. The summed E-state index contributed by atoms with van der Waals surface area (Å²) in [5.74, 6) is 0.378. The van der Waals surface area contributed by atoms with Gasteiger partial charge in [0.05, 0.1) is 5.70 Å². The minimum atomic E-state index is 0.0312. The highest BCUT2D eigenvalue weighted by atomic mass is 32.2. The van der Waals surface area contributed by atoms with Crippen LogP contribution in [0, 0.1) is 5.92 Å². The van der Waals surface area contributed by atoms with Crippen molar-refractivity contribution in [2.24, 2.45) is 5.92 Å². The average Bonchev–Trinajstić information content (AvgIpc) is 2.09. The molecular weight excluding hydrogens is 178 g/mol. The third-order valence-corrected chi connectivity index (χ3v) is 2.19. The largest absolute Gasteiger partial charge is 0.337 e. The summed E-state index contributed by atoms with van der Waals surface area (Å²) in [6, 6.07) is 0. The van der Waals surface area contributed by atoms with E-state index in [2.05, 4.69) is 5.32 Å². The molecule has 1 N–H and O–H groups in total. The van der Waals surface area contributed by atoms with Crippen molar-refractivity contribution in [1.29, 1.82) is 0 Å². The molecule has 0 bridgehead atoms. The summed E-state index contributed by atoms with van der Waals surface area (Å²) in [7, 11) is 0. The van der Waals surface area contributed by atoms with Crippen molar-refractivity contribution in [3.8, 4) is 0 Å². The first-order valence-corrected chi connectivity index (χ1v) is 4.57. The number of hydrogen-bond acceptors (Lipinski definition) is 3. The van der Waals surface area contributed by atoms with Crippen LogP contribution >= 0.6 is 24.0 Å². The monoisotopic (exact) mass is 187 g/mol. The van der Waals surface area contributed by atoms with E-state index in [1.807, 2.05) is 19.9 Å². The lowest BCUT2D eigenvalue weighted by molar-refractivity contribution is -0.107. The molecule has 2 nitrogen and oxygen atoms in total. The summed E-state index contributed by atoms with van der Waals surface area (Å²) < 4.78 is 0.557. The van der Waals surface area contributed by atoms with E-state index in [0.717, 1.165) is 11.8 Å². The predicted octanol–water partition coefficient (Wildman–Crippen LogP) is 1.67. The minimum absolute atomic E-state index is 0.0312. The second-order valence-electron chi connectivity index (χ2n) is 2.63. The number of carbonyl (C=O) groups excluding carboxylic acids is 1. The predicted molar refractivity (Wildman–Crippen MR) is 51.3 cm³/mol. The van der Waals surface area contributed by atoms with E-state index in [9.17, 15) is 4.79 Å². The van der Waals surface area contributed by atoms with Gasteiger partial charge in [-0.05, 0) is 17.7 Å². The van der Waals surface area contributed by atoms with Crippen LogP contribution in [0.4, 0.5) is 0 Å². The van der Waals surface area contributed by atoms with E-state index >= 15 is 0 Å². The van der Waals surface area contributed by atoms with E-state index in [-0.39, 0.29) is 5.12 Å². The lowest BCUT2D eigenvalue weighted by Crippen LogP contribution is -2.11. The molecule has 1 saturated heterocycles. The number of allylic oxidation sites excluding steroid dienone is 1. The Bertz CT molecular complexity index is 233. The van der Waals surface area contributed by atoms with Crippen LogP contribution in [0.3, 0.4) is 0 Å². The molecule has 0 atom stereocenters. The fraction of sp³-hybridized carbons (Fsp3) is 0.429. The Labute approximate surface area is 75.4 Å². The Morgan fingerprint density at radius 2 is 2.27 bits per heavy atom. The van der Waals surface area contributed by atoms with Gasteiger partial charge in [0.2, 0.25) is 5.12 Å². The molecule has 0 aromatic rings. The Balaban J connectivity index is 2.75. The second kappa shape index (κ2) is 3.36. The normalized spacial score (nSPS) is 21.5. The fourth-order valence-electron chi connectivity index (χ4n) is 0.769. The summed E-state index contributed by atoms with van der Waals surface area (Å²) in [6.45, 7) is 4.04. The van der Waals surface area contributed by atoms with Gasteiger partial charge in [-0.15, -0.1) is 0 Å². The third kappa shape index (κ3) is 2.31. The van der Waals surface area contributed by atoms with Gasteiger partial charge in [0.15, 0.2) is 0 Å². The standard InChI is InChI=1S/C7H9NOS2/c1-4(2)3-5-6(9)11-7(10)8-5/h3-4H,1-2H3,(H,8,10)/b5-3+. The van der Waals surface area contributed by atoms with Gasteiger partial charge in [0.25, 0.3) is 0 Å². The van der Waals surface area contributed by atoms with Gasteiger partial charge in [-0.3, -0.25) is 4.79 Å². The van der Waals surface area contributed by atoms with E-state index in [0.29, 0.717) is 15.9 Å². The van der Waals surface area contributed by atoms with Crippen molar-refractivity contribution in [2.45, 2.75) is 13.8 Å². The van der Waals surface area contributed by atoms with Gasteiger partial charge in [0, 0.05) is 0 Å². The highest BCUT2D eigenvalue weighted by Gasteiger charge is 2.21. The van der Waals surface area contributed by atoms with Crippen LogP contribution in [0.25, 0.3) is 0 Å². The fourth-order valence-corrected chi connectivity index (χ4v) is 1.66. The molecule has 0 aromatic carbocycles. The molecule has 1 aliphatic heterocycles. The van der Waals surface area contributed by atoms with Gasteiger partial charge < -0.3 is 5.32 Å². The minimum Gasteiger partial charge on any atom is -0.337 e. The van der Waals surface area contributed by atoms with Crippen LogP contribution < -0.4 is 5.32 Å². The smallest absolute Gasteiger partial charge is 0.242 e. The van der Waals surface area contributed by atoms with Crippen molar-refractivity contribution in [1.82, 2.24) is 5.32 Å². The molecule has 4 heteroatoms. The SMILES string of the molecule is CC(C)/C=C1/NC(=S)SC1=O. The first kappa shape index (κ1) is 8.74. The van der Waals surface area contributed by atoms with Crippen LogP contribution in [-0.2, 0) is 4.79 Å². The third-order valence-electron chi connectivity index (χ3n) is 1.14. The molecule has 60 valence electrons. The first-order valence-electron chi connectivity index (χ1n) is 3.34. The van der Waals surface area contributed by atoms with Crippen LogP contribution in [0.1, 0.15) is 13.8 Å². The molecule has 0 spiro atoms. The van der Waals surface area contributed by atoms with E-state index < -0.39 is 0 Å². The van der Waals surface area contributed by atoms with Crippen molar-refractivity contribution < 1.29 is 4.79 Å². The lowest BCUT2D eigenvalue weighted by Gasteiger charge is -1.97. The van der Waals surface area contributed by atoms with Gasteiger partial charge in [-0.1, -0.05) is 32.1 Å². The molecule has 0 aromatic heterocycles. The zero-order chi connectivity index (χ0) is 8.43. The van der Waals surface area contributed by atoms with Gasteiger partial charge >= 0.3 is 0 Å². The van der Waals surface area contributed by atoms with Gasteiger partial charge in [-0.25, -0.2) is 0 Å². The maximum Gasteiger partial charge on any atom is 0.242 e. The number of rotatable bonds is 1. The van der Waals surface area contributed by atoms with E-state index in [4.69, 9.17) is 12.2 Å². The van der Waals surface area contributed by atoms with E-state index in [1.165, 1.54) is 0 Å². The van der Waals surface area contributed by atoms with Crippen LogP contribution in [-0.4, -0.2) is 9.44 Å². The lowest BCUT2D eigenvalue weighted by atomic mass is 10.2. The first-order chi connectivity index (χ1) is 5.09. The Morgan fingerprint density at radius 3 is 2.64 bits per heavy atom. The Morgan fingerprint density at radius 1 is 1.64 bits per heavy atom. The summed E-state index contributed by atoms with van der Waals surface area (Å²) in [6.07, 6.45) is 1.88. The molecule has 0 unspecified atom stereocenters. The molecular formula is C7H9NOS2. The van der Waals surface area contributed by atoms with Crippen molar-refractivity contribution in [3.63, 3.8) is 0 Å². The van der Waals surface area contributed by atoms with Crippen LogP contribution in [0.15, 0.2) is 11.8 Å². The highest BCUT2D eigenvalue weighted by Crippen LogP contribution is 2.19. The molecule has 0 aliphatic carbocycles. The van der Waals surface area contributed by atoms with Crippen molar-refractivity contribution >= 4 is 33.4 Å². The quantitative estimate of drug-likeness (QED) is 0.499. The van der Waals surface area contributed by atoms with Crippen molar-refractivity contribution in [3.05, 3.63) is 11.8 Å². The summed E-state index contributed by atoms with van der Waals surface area (Å²) in [5.41, 5.74) is 0.634. The van der Waals surface area contributed by atoms with E-state index in [1.54, 1.807) is 0 Å². The maximum atomic E-state index is 11.1. The average molecular weight is 187 g/mol. The molecule has 1 heterocycles. The van der Waals surface area contributed by atoms with Gasteiger partial charge in [-0.2, -0.15) is 0 Å². The highest BCUT2D eigenvalue weighted by molar-refractivity contribution is 8.33. The van der Waals surface area contributed by atoms with Crippen LogP contribution in [0.5, 0.6) is 0 Å². The topological polar surface area (TPSA) is 29.1 Å². The Kier molecular flexibility index (Phi) is 2.67. The number of thioether (sulfide) groups is 1. The molecule has 0 radical (unpaired) electrons. The van der Waals surface area contributed by atoms with Crippen LogP contribution in [0.2, 0.25) is 0 Å². The van der Waals surface area contributed by atoms with Gasteiger partial charge in [0.1, 0.15) is 4.32 Å². The summed E-state index contributed by atoms with van der Waals surface area (Å²) >= 11 is 5.90. The molecule has 1 rings (SSSR count). The zero-order valence-electron chi connectivity index (χ0n) is 6.38. The molecule has 1 fully saturated rings. The summed E-state index contributed by atoms with van der Waals surface area (Å²) in [4.78, 5) is 11.1. The Hall–Kier alpha value is -0.350. The number of carbonyl (C=O) groups is 1. The maximum absolute atomic E-state index is 11.1. The second-order valence-corrected chi connectivity index (χ2v) is 4.28. The number of hydrogen-bond donors (Lipinski definition) is 1. The molecule has 1 aliphatic rings. The van der Waals surface area contributed by atoms with Crippen molar-refractivity contribution in [2.75, 3.05) is 0 Å². The molecule has 0 amide bonds. The number of nitrogens with one attached hydrogen (secondary N) is 1. The zero-order valence-corrected chi connectivity index (χ0v) is 8.01. The molecule has 11 heavy (non-hydrogen) atoms. The number of thiocarbonyl (C=S) groups is 1.